The van der Waals surface area contributed by atoms with Crippen molar-refractivity contribution in [2.45, 2.75) is 12.5 Å². The molecule has 16 heavy (non-hydrogen) atoms. The highest BCUT2D eigenvalue weighted by Crippen LogP contribution is 1.83. The summed E-state index contributed by atoms with van der Waals surface area (Å²) in [6.07, 6.45) is 0.530. The highest BCUT2D eigenvalue weighted by Gasteiger charge is 2.15. The van der Waals surface area contributed by atoms with Crippen LogP contribution in [0.1, 0.15) is 6.42 Å². The lowest BCUT2D eigenvalue weighted by atomic mass is 10.3. The number of carboxylic acid groups (broad SMARTS) is 1. The van der Waals surface area contributed by atoms with Gasteiger partial charge in [0, 0.05) is 26.8 Å². The van der Waals surface area contributed by atoms with Crippen molar-refractivity contribution in [1.29, 1.82) is 0 Å². The van der Waals surface area contributed by atoms with Gasteiger partial charge in [-0.1, -0.05) is 0 Å². The van der Waals surface area contributed by atoms with Crippen molar-refractivity contribution in [3.05, 3.63) is 0 Å². The third-order valence-corrected chi connectivity index (χ3v) is 2.76. The van der Waals surface area contributed by atoms with Crippen molar-refractivity contribution in [3.63, 3.8) is 0 Å². The van der Waals surface area contributed by atoms with E-state index in [1.807, 2.05) is 4.72 Å². The van der Waals surface area contributed by atoms with Crippen LogP contribution in [0, 0.1) is 0 Å². The third kappa shape index (κ3) is 7.54. The van der Waals surface area contributed by atoms with Crippen LogP contribution in [0.5, 0.6) is 0 Å². The van der Waals surface area contributed by atoms with Crippen LogP contribution in [-0.2, 0) is 19.7 Å². The van der Waals surface area contributed by atoms with Gasteiger partial charge in [0.25, 0.3) is 10.2 Å². The van der Waals surface area contributed by atoms with Crippen LogP contribution in [0.3, 0.4) is 0 Å². The number of methoxy groups -OCH3 is 1. The molecule has 1 atom stereocenters. The number of rotatable bonds is 9. The van der Waals surface area contributed by atoms with Crippen LogP contribution in [-0.4, -0.2) is 52.3 Å². The quantitative estimate of drug-likeness (QED) is 0.348. The second-order valence-electron chi connectivity index (χ2n) is 3.04. The van der Waals surface area contributed by atoms with E-state index in [-0.39, 0.29) is 13.1 Å². The molecule has 0 aliphatic carbocycles. The molecule has 0 spiro atoms. The van der Waals surface area contributed by atoms with Gasteiger partial charge in [0.2, 0.25) is 0 Å². The highest BCUT2D eigenvalue weighted by atomic mass is 32.2. The Kier molecular flexibility index (Phi) is 7.17. The molecule has 0 fully saturated rings. The van der Waals surface area contributed by atoms with Gasteiger partial charge in [-0.05, 0) is 6.42 Å². The van der Waals surface area contributed by atoms with E-state index in [9.17, 15) is 13.2 Å². The molecule has 0 aliphatic rings. The predicted octanol–water partition coefficient (Wildman–Crippen LogP) is -2.14. The largest absolute Gasteiger partial charge is 0.480 e. The van der Waals surface area contributed by atoms with E-state index < -0.39 is 22.2 Å². The maximum atomic E-state index is 11.2. The maximum Gasteiger partial charge on any atom is 0.321 e. The fourth-order valence-electron chi connectivity index (χ4n) is 0.761. The minimum Gasteiger partial charge on any atom is -0.480 e. The summed E-state index contributed by atoms with van der Waals surface area (Å²) < 4.78 is 31.4. The summed E-state index contributed by atoms with van der Waals surface area (Å²) in [5, 5.41) is 8.43. The first-order chi connectivity index (χ1) is 7.39. The normalized spacial score (nSPS) is 13.6. The molecule has 0 aromatic rings. The number of nitrogens with one attached hydrogen (secondary N) is 2. The second-order valence-corrected chi connectivity index (χ2v) is 4.62. The van der Waals surface area contributed by atoms with Gasteiger partial charge >= 0.3 is 5.97 Å². The van der Waals surface area contributed by atoms with Gasteiger partial charge in [-0.2, -0.15) is 8.42 Å². The van der Waals surface area contributed by atoms with Gasteiger partial charge in [0.15, 0.2) is 0 Å². The lowest BCUT2D eigenvalue weighted by molar-refractivity contribution is -0.138. The Morgan fingerprint density at radius 3 is 2.62 bits per heavy atom. The summed E-state index contributed by atoms with van der Waals surface area (Å²) in [6.45, 7) is 0.303. The summed E-state index contributed by atoms with van der Waals surface area (Å²) >= 11 is 0. The molecule has 0 unspecified atom stereocenters. The monoisotopic (exact) mass is 255 g/mol. The van der Waals surface area contributed by atoms with E-state index in [2.05, 4.69) is 4.72 Å². The van der Waals surface area contributed by atoms with Crippen LogP contribution >= 0.6 is 0 Å². The van der Waals surface area contributed by atoms with E-state index in [4.69, 9.17) is 15.6 Å². The van der Waals surface area contributed by atoms with E-state index >= 15 is 0 Å². The zero-order valence-electron chi connectivity index (χ0n) is 8.97. The Bertz CT molecular complexity index is 305. The first kappa shape index (κ1) is 15.3. The number of carbonyl (C=O) groups is 1. The summed E-state index contributed by atoms with van der Waals surface area (Å²) in [7, 11) is -2.18. The van der Waals surface area contributed by atoms with Crippen molar-refractivity contribution in [2.24, 2.45) is 5.73 Å². The molecule has 0 heterocycles. The molecule has 0 saturated heterocycles. The van der Waals surface area contributed by atoms with E-state index in [0.29, 0.717) is 13.0 Å². The molecular weight excluding hydrogens is 238 g/mol. The molecule has 0 rings (SSSR count). The molecule has 96 valence electrons. The van der Waals surface area contributed by atoms with Crippen molar-refractivity contribution < 1.29 is 23.1 Å². The van der Waals surface area contributed by atoms with Crippen LogP contribution in [0.4, 0.5) is 0 Å². The standard InChI is InChI=1S/C7H17N3O5S/c1-15-4-2-3-9-16(13,14)10-5-6(8)7(11)12/h6,9-10H,2-5,8H2,1H3,(H,11,12)/t6-/m0/s1. The molecule has 0 aromatic carbocycles. The molecule has 8 nitrogen and oxygen atoms in total. The molecule has 0 saturated carbocycles. The zero-order chi connectivity index (χ0) is 12.6. The van der Waals surface area contributed by atoms with Gasteiger partial charge < -0.3 is 15.6 Å². The van der Waals surface area contributed by atoms with E-state index in [1.54, 1.807) is 0 Å². The fraction of sp³-hybridized carbons (Fsp3) is 0.857. The van der Waals surface area contributed by atoms with Gasteiger partial charge in [0.1, 0.15) is 6.04 Å². The summed E-state index contributed by atoms with van der Waals surface area (Å²) in [4.78, 5) is 10.3. The second kappa shape index (κ2) is 7.52. The smallest absolute Gasteiger partial charge is 0.321 e. The minimum absolute atomic E-state index is 0.214. The minimum atomic E-state index is -3.69. The zero-order valence-corrected chi connectivity index (χ0v) is 9.79. The summed E-state index contributed by atoms with van der Waals surface area (Å²) in [6, 6.07) is -1.25. The number of hydrogen-bond acceptors (Lipinski definition) is 5. The highest BCUT2D eigenvalue weighted by molar-refractivity contribution is 7.87. The Hall–Kier alpha value is -0.740. The van der Waals surface area contributed by atoms with Crippen LogP contribution < -0.4 is 15.2 Å². The van der Waals surface area contributed by atoms with Gasteiger partial charge in [-0.25, -0.2) is 9.44 Å². The van der Waals surface area contributed by atoms with Crippen molar-refractivity contribution in [1.82, 2.24) is 9.44 Å². The molecular formula is C7H17N3O5S. The average molecular weight is 255 g/mol. The first-order valence-corrected chi connectivity index (χ1v) is 6.09. The number of carboxylic acids is 1. The topological polar surface area (TPSA) is 131 Å². The predicted molar refractivity (Wildman–Crippen MR) is 57.0 cm³/mol. The van der Waals surface area contributed by atoms with Gasteiger partial charge in [-0.15, -0.1) is 0 Å². The number of nitrogens with two attached hydrogens (primary N) is 1. The van der Waals surface area contributed by atoms with Gasteiger partial charge in [0.05, 0.1) is 0 Å². The lowest BCUT2D eigenvalue weighted by Crippen LogP contribution is -2.46. The molecule has 0 aliphatic heterocycles. The van der Waals surface area contributed by atoms with E-state index in [1.165, 1.54) is 7.11 Å². The Morgan fingerprint density at radius 2 is 2.12 bits per heavy atom. The maximum absolute atomic E-state index is 11.2. The third-order valence-electron chi connectivity index (χ3n) is 1.63. The number of hydrogen-bond donors (Lipinski definition) is 4. The first-order valence-electron chi connectivity index (χ1n) is 4.60. The number of ether oxygens (including phenoxy) is 1. The molecule has 0 aromatic heterocycles. The van der Waals surface area contributed by atoms with Crippen LogP contribution in [0.25, 0.3) is 0 Å². The van der Waals surface area contributed by atoms with Crippen LogP contribution in [0.15, 0.2) is 0 Å². The van der Waals surface area contributed by atoms with Crippen LogP contribution in [0.2, 0.25) is 0 Å². The van der Waals surface area contributed by atoms with Crippen molar-refractivity contribution in [2.75, 3.05) is 26.8 Å². The summed E-state index contributed by atoms with van der Waals surface area (Å²) in [5.41, 5.74) is 5.13. The number of aliphatic carboxylic acids is 1. The molecule has 0 radical (unpaired) electrons. The van der Waals surface area contributed by atoms with E-state index in [0.717, 1.165) is 0 Å². The Labute approximate surface area is 94.3 Å². The lowest BCUT2D eigenvalue weighted by Gasteiger charge is -2.10. The van der Waals surface area contributed by atoms with Crippen molar-refractivity contribution in [3.8, 4) is 0 Å². The van der Waals surface area contributed by atoms with Crippen molar-refractivity contribution >= 4 is 16.2 Å². The fourth-order valence-corrected chi connectivity index (χ4v) is 1.67. The summed E-state index contributed by atoms with van der Waals surface area (Å²) in [5.74, 6) is -1.26. The molecule has 5 N–H and O–H groups in total. The molecule has 0 amide bonds. The molecule has 9 heteroatoms. The Morgan fingerprint density at radius 1 is 1.50 bits per heavy atom. The average Bonchev–Trinajstić information content (AvgIpc) is 2.21. The SMILES string of the molecule is COCCCNS(=O)(=O)NC[C@H](N)C(=O)O. The Balaban J connectivity index is 3.83. The van der Waals surface area contributed by atoms with Gasteiger partial charge in [-0.3, -0.25) is 4.79 Å². The molecule has 0 bridgehead atoms.